The van der Waals surface area contributed by atoms with E-state index in [-0.39, 0.29) is 0 Å². The fourth-order valence-corrected chi connectivity index (χ4v) is 4.30. The maximum Gasteiger partial charge on any atom is 0.153 e. The third-order valence-corrected chi connectivity index (χ3v) is 5.32. The number of hydrogen-bond acceptors (Lipinski definition) is 4. The molecule has 0 saturated carbocycles. The minimum absolute atomic E-state index is 0.687. The van der Waals surface area contributed by atoms with Crippen LogP contribution < -0.4 is 0 Å². The molecule has 3 aromatic heterocycles. The van der Waals surface area contributed by atoms with E-state index in [1.54, 1.807) is 17.7 Å². The Labute approximate surface area is 131 Å². The van der Waals surface area contributed by atoms with Crippen molar-refractivity contribution in [1.82, 2.24) is 19.5 Å². The highest BCUT2D eigenvalue weighted by atomic mass is 32.1. The third-order valence-electron chi connectivity index (χ3n) is 4.09. The lowest BCUT2D eigenvalue weighted by molar-refractivity contribution is 0.647. The second-order valence-corrected chi connectivity index (χ2v) is 7.11. The van der Waals surface area contributed by atoms with Gasteiger partial charge in [0.25, 0.3) is 0 Å². The van der Waals surface area contributed by atoms with Gasteiger partial charge in [0.05, 0.1) is 17.4 Å². The third kappa shape index (κ3) is 2.05. The highest BCUT2D eigenvalue weighted by molar-refractivity contribution is 7.71. The van der Waals surface area contributed by atoms with Crippen molar-refractivity contribution in [2.24, 2.45) is 0 Å². The Morgan fingerprint density at radius 2 is 2.19 bits per heavy atom. The lowest BCUT2D eigenvalue weighted by Gasteiger charge is -2.06. The van der Waals surface area contributed by atoms with E-state index in [1.165, 1.54) is 35.4 Å². The van der Waals surface area contributed by atoms with E-state index in [4.69, 9.17) is 12.2 Å². The molecule has 4 heterocycles. The molecule has 0 saturated heterocycles. The smallest absolute Gasteiger partial charge is 0.153 e. The topological polar surface area (TPSA) is 46.5 Å². The second kappa shape index (κ2) is 5.03. The summed E-state index contributed by atoms with van der Waals surface area (Å²) in [5, 5.41) is 1.09. The molecule has 3 aromatic rings. The fourth-order valence-electron chi connectivity index (χ4n) is 3.19. The van der Waals surface area contributed by atoms with Crippen molar-refractivity contribution in [2.75, 3.05) is 0 Å². The van der Waals surface area contributed by atoms with E-state index in [0.29, 0.717) is 4.64 Å². The summed E-state index contributed by atoms with van der Waals surface area (Å²) in [7, 11) is 0. The van der Waals surface area contributed by atoms with Crippen molar-refractivity contribution in [3.63, 3.8) is 0 Å². The highest BCUT2D eigenvalue weighted by Crippen LogP contribution is 2.38. The number of aromatic amines is 1. The molecule has 4 nitrogen and oxygen atoms in total. The molecular weight excluding hydrogens is 300 g/mol. The van der Waals surface area contributed by atoms with Crippen LogP contribution >= 0.6 is 23.6 Å². The predicted octanol–water partition coefficient (Wildman–Crippen LogP) is 4.25. The summed E-state index contributed by atoms with van der Waals surface area (Å²) in [6, 6.07) is 0. The van der Waals surface area contributed by atoms with Crippen LogP contribution in [-0.2, 0) is 13.0 Å². The van der Waals surface area contributed by atoms with E-state index in [9.17, 15) is 0 Å². The molecule has 0 aromatic carbocycles. The number of thiazole rings is 1. The first-order valence-electron chi connectivity index (χ1n) is 7.27. The molecule has 0 amide bonds. The number of rotatable bonds is 1. The van der Waals surface area contributed by atoms with Gasteiger partial charge in [-0.2, -0.15) is 0 Å². The quantitative estimate of drug-likeness (QED) is 0.683. The first-order chi connectivity index (χ1) is 10.3. The van der Waals surface area contributed by atoms with Crippen LogP contribution in [0.1, 0.15) is 29.8 Å². The van der Waals surface area contributed by atoms with Crippen LogP contribution in [0.25, 0.3) is 21.6 Å². The Morgan fingerprint density at radius 3 is 3.00 bits per heavy atom. The minimum atomic E-state index is 0.687. The highest BCUT2D eigenvalue weighted by Gasteiger charge is 2.23. The average Bonchev–Trinajstić information content (AvgIpc) is 2.92. The molecule has 0 radical (unpaired) electrons. The molecule has 4 rings (SSSR count). The summed E-state index contributed by atoms with van der Waals surface area (Å²) in [6.45, 7) is 3.13. The summed E-state index contributed by atoms with van der Waals surface area (Å²) in [4.78, 5) is 13.4. The average molecular weight is 316 g/mol. The van der Waals surface area contributed by atoms with Crippen LogP contribution in [0.5, 0.6) is 0 Å². The van der Waals surface area contributed by atoms with Gasteiger partial charge in [-0.1, -0.05) is 18.6 Å². The SMILES string of the molecule is Cc1cnc(-c2c3n(c4c(=S)nc[nH]c24)CCCCC3)s1. The van der Waals surface area contributed by atoms with Gasteiger partial charge in [0.2, 0.25) is 0 Å². The molecule has 0 unspecified atom stereocenters. The number of hydrogen-bond donors (Lipinski definition) is 1. The summed E-state index contributed by atoms with van der Waals surface area (Å²) < 4.78 is 3.06. The summed E-state index contributed by atoms with van der Waals surface area (Å²) in [5.74, 6) is 0. The summed E-state index contributed by atoms with van der Waals surface area (Å²) >= 11 is 7.23. The maximum atomic E-state index is 5.48. The summed E-state index contributed by atoms with van der Waals surface area (Å²) in [5.41, 5.74) is 4.78. The van der Waals surface area contributed by atoms with Gasteiger partial charge in [-0.3, -0.25) is 0 Å². The Balaban J connectivity index is 2.12. The van der Waals surface area contributed by atoms with Gasteiger partial charge in [-0.25, -0.2) is 9.97 Å². The van der Waals surface area contributed by atoms with E-state index >= 15 is 0 Å². The van der Waals surface area contributed by atoms with Gasteiger partial charge in [0.1, 0.15) is 10.5 Å². The number of nitrogens with zero attached hydrogens (tertiary/aromatic N) is 3. The van der Waals surface area contributed by atoms with E-state index in [1.807, 2.05) is 6.20 Å². The molecule has 21 heavy (non-hydrogen) atoms. The van der Waals surface area contributed by atoms with Gasteiger partial charge in [0.15, 0.2) is 4.64 Å². The van der Waals surface area contributed by atoms with Crippen LogP contribution in [0, 0.1) is 11.6 Å². The standard InChI is InChI=1S/C15H16N4S2/c1-9-7-16-15(21-9)11-10-5-3-2-4-6-19(10)13-12(11)17-8-18-14(13)20/h7-8H,2-6H2,1H3,(H,17,18,20). The lowest BCUT2D eigenvalue weighted by atomic mass is 10.1. The Morgan fingerprint density at radius 1 is 1.29 bits per heavy atom. The molecule has 0 aliphatic carbocycles. The number of aryl methyl sites for hydroxylation is 2. The van der Waals surface area contributed by atoms with Gasteiger partial charge in [-0.15, -0.1) is 11.3 Å². The van der Waals surface area contributed by atoms with E-state index in [2.05, 4.69) is 26.4 Å². The summed E-state index contributed by atoms with van der Waals surface area (Å²) in [6.07, 6.45) is 8.45. The normalized spacial score (nSPS) is 15.1. The van der Waals surface area contributed by atoms with Gasteiger partial charge < -0.3 is 9.55 Å². The number of H-pyrrole nitrogens is 1. The molecule has 1 N–H and O–H groups in total. The van der Waals surface area contributed by atoms with Gasteiger partial charge >= 0.3 is 0 Å². The van der Waals surface area contributed by atoms with Crippen LogP contribution in [-0.4, -0.2) is 19.5 Å². The van der Waals surface area contributed by atoms with Crippen LogP contribution in [0.15, 0.2) is 12.5 Å². The molecule has 6 heteroatoms. The minimum Gasteiger partial charge on any atom is -0.344 e. The number of aromatic nitrogens is 4. The Hall–Kier alpha value is -1.53. The molecule has 108 valence electrons. The number of fused-ring (bicyclic) bond motifs is 3. The van der Waals surface area contributed by atoms with E-state index in [0.717, 1.165) is 29.0 Å². The maximum absolute atomic E-state index is 5.48. The largest absolute Gasteiger partial charge is 0.344 e. The zero-order valence-electron chi connectivity index (χ0n) is 11.8. The van der Waals surface area contributed by atoms with Gasteiger partial charge in [0, 0.05) is 23.3 Å². The second-order valence-electron chi connectivity index (χ2n) is 5.49. The predicted molar refractivity (Wildman–Crippen MR) is 88.3 cm³/mol. The molecule has 1 aliphatic rings. The molecule has 0 fully saturated rings. The molecular formula is C15H16N4S2. The fraction of sp³-hybridized carbons (Fsp3) is 0.400. The Kier molecular flexibility index (Phi) is 3.15. The monoisotopic (exact) mass is 316 g/mol. The first kappa shape index (κ1) is 13.2. The van der Waals surface area contributed by atoms with Crippen molar-refractivity contribution in [3.05, 3.63) is 27.7 Å². The van der Waals surface area contributed by atoms with Crippen molar-refractivity contribution in [1.29, 1.82) is 0 Å². The molecule has 0 bridgehead atoms. The molecule has 0 atom stereocenters. The van der Waals surface area contributed by atoms with Crippen molar-refractivity contribution >= 4 is 34.6 Å². The number of nitrogens with one attached hydrogen (secondary N) is 1. The van der Waals surface area contributed by atoms with Crippen molar-refractivity contribution in [2.45, 2.75) is 39.2 Å². The van der Waals surface area contributed by atoms with Crippen LogP contribution in [0.4, 0.5) is 0 Å². The lowest BCUT2D eigenvalue weighted by Crippen LogP contribution is -2.01. The molecule has 1 aliphatic heterocycles. The Bertz CT molecular complexity index is 872. The van der Waals surface area contributed by atoms with Crippen LogP contribution in [0.3, 0.4) is 0 Å². The van der Waals surface area contributed by atoms with Gasteiger partial charge in [-0.05, 0) is 26.2 Å². The zero-order chi connectivity index (χ0) is 14.4. The van der Waals surface area contributed by atoms with Crippen LogP contribution in [0.2, 0.25) is 0 Å². The zero-order valence-corrected chi connectivity index (χ0v) is 13.5. The first-order valence-corrected chi connectivity index (χ1v) is 8.50. The van der Waals surface area contributed by atoms with E-state index < -0.39 is 0 Å². The van der Waals surface area contributed by atoms with Crippen molar-refractivity contribution in [3.8, 4) is 10.6 Å². The van der Waals surface area contributed by atoms with Crippen molar-refractivity contribution < 1.29 is 0 Å². The molecule has 0 spiro atoms.